The lowest BCUT2D eigenvalue weighted by Crippen LogP contribution is -2.60. The van der Waals surface area contributed by atoms with Crippen LogP contribution in [0.3, 0.4) is 0 Å². The van der Waals surface area contributed by atoms with Gasteiger partial charge in [-0.3, -0.25) is 23.7 Å². The van der Waals surface area contributed by atoms with E-state index in [1.807, 2.05) is 13.8 Å². The Bertz CT molecular complexity index is 1220. The van der Waals surface area contributed by atoms with Gasteiger partial charge >= 0.3 is 27.3 Å². The number of rotatable bonds is 8. The molecule has 224 valence electrons. The van der Waals surface area contributed by atoms with Crippen molar-refractivity contribution in [3.63, 3.8) is 0 Å². The maximum Gasteiger partial charge on any atom is 0.465 e. The molecule has 0 bridgehead atoms. The molecular weight excluding hydrogens is 554 g/mol. The van der Waals surface area contributed by atoms with Gasteiger partial charge in [0.05, 0.1) is 0 Å². The Hall–Kier alpha value is -2.28. The number of ketones is 3. The summed E-state index contributed by atoms with van der Waals surface area (Å²) in [4.78, 5) is 62.7. The SMILES string of the molecule is C[C@H](CCC(=O)OCOC(=O)C(F)(F)S(=O)(=O)O)[C@H]1CC[C@H]2[C@@H]3C(=O)C[C@@H]4CC(=O)CC[C@]4(C)[C@H]3CC(=O)[C@]12C. The van der Waals surface area contributed by atoms with E-state index in [0.717, 1.165) is 0 Å². The Morgan fingerprint density at radius 1 is 1.07 bits per heavy atom. The summed E-state index contributed by atoms with van der Waals surface area (Å²) < 4.78 is 64.5. The Morgan fingerprint density at radius 2 is 1.75 bits per heavy atom. The number of alkyl halides is 2. The summed E-state index contributed by atoms with van der Waals surface area (Å²) in [6, 6.07) is 0. The second-order valence-electron chi connectivity index (χ2n) is 12.5. The van der Waals surface area contributed by atoms with Crippen molar-refractivity contribution < 1.29 is 55.2 Å². The highest BCUT2D eigenvalue weighted by Gasteiger charge is 2.66. The van der Waals surface area contributed by atoms with Crippen molar-refractivity contribution in [1.82, 2.24) is 0 Å². The standard InChI is InChI=1S/C27H36F2O10S/c1-14(4-7-22(33)38-13-39-24(34)27(28,29)40(35,36)37)17-5-6-18-23-19(12-21(32)26(17,18)3)25(2)9-8-16(30)10-15(25)11-20(23)31/h14-15,17-19,23H,4-13H2,1-3H3,(H,35,36,37)/t14-,15+,17-,18+,19+,23+,25+,26-/m1/s1. The zero-order valence-corrected chi connectivity index (χ0v) is 23.6. The smallest absolute Gasteiger partial charge is 0.428 e. The number of carbonyl (C=O) groups is 5. The van der Waals surface area contributed by atoms with Crippen molar-refractivity contribution >= 4 is 39.4 Å². The Morgan fingerprint density at radius 3 is 2.40 bits per heavy atom. The van der Waals surface area contributed by atoms with Crippen LogP contribution in [0, 0.1) is 46.3 Å². The van der Waals surface area contributed by atoms with Gasteiger partial charge in [0.1, 0.15) is 17.3 Å². The average molecular weight is 591 g/mol. The highest BCUT2D eigenvalue weighted by molar-refractivity contribution is 7.87. The lowest BCUT2D eigenvalue weighted by molar-refractivity contribution is -0.179. The van der Waals surface area contributed by atoms with Gasteiger partial charge in [0.25, 0.3) is 0 Å². The second-order valence-corrected chi connectivity index (χ2v) is 14.0. The summed E-state index contributed by atoms with van der Waals surface area (Å²) in [5, 5.41) is -5.19. The molecule has 13 heteroatoms. The first-order valence-electron chi connectivity index (χ1n) is 13.7. The van der Waals surface area contributed by atoms with E-state index in [-0.39, 0.29) is 71.1 Å². The predicted octanol–water partition coefficient (Wildman–Crippen LogP) is 3.51. The topological polar surface area (TPSA) is 158 Å². The number of hydrogen-bond acceptors (Lipinski definition) is 9. The molecule has 0 saturated heterocycles. The van der Waals surface area contributed by atoms with E-state index in [1.165, 1.54) is 0 Å². The third kappa shape index (κ3) is 5.01. The molecule has 0 aromatic heterocycles. The maximum absolute atomic E-state index is 13.8. The fraction of sp³-hybridized carbons (Fsp3) is 0.815. The summed E-state index contributed by atoms with van der Waals surface area (Å²) in [6.07, 6.45) is 3.80. The number of Topliss-reactive ketones (excluding diaryl/α,β-unsaturated/α-hetero) is 3. The first-order chi connectivity index (χ1) is 18.4. The van der Waals surface area contributed by atoms with Crippen LogP contribution in [-0.4, -0.2) is 54.3 Å². The molecule has 0 amide bonds. The van der Waals surface area contributed by atoms with Crippen molar-refractivity contribution in [2.45, 2.75) is 83.8 Å². The molecule has 10 nitrogen and oxygen atoms in total. The minimum Gasteiger partial charge on any atom is -0.428 e. The van der Waals surface area contributed by atoms with Crippen LogP contribution in [0.1, 0.15) is 78.6 Å². The number of ether oxygens (including phenoxy) is 2. The van der Waals surface area contributed by atoms with E-state index in [1.54, 1.807) is 0 Å². The van der Waals surface area contributed by atoms with E-state index < -0.39 is 39.5 Å². The third-order valence-corrected chi connectivity index (χ3v) is 11.5. The molecule has 0 aromatic carbocycles. The van der Waals surface area contributed by atoms with Gasteiger partial charge in [-0.15, -0.1) is 0 Å². The first-order valence-corrected chi connectivity index (χ1v) is 15.1. The average Bonchev–Trinajstić information content (AvgIpc) is 3.22. The number of hydrogen-bond donors (Lipinski definition) is 1. The molecule has 4 aliphatic rings. The molecule has 0 heterocycles. The normalized spacial score (nSPS) is 36.8. The lowest BCUT2D eigenvalue weighted by atomic mass is 9.44. The minimum absolute atomic E-state index is 0.0136. The van der Waals surface area contributed by atoms with Crippen LogP contribution in [-0.2, 0) is 43.6 Å². The molecule has 4 saturated carbocycles. The summed E-state index contributed by atoms with van der Waals surface area (Å²) >= 11 is 0. The fourth-order valence-corrected chi connectivity index (χ4v) is 8.62. The third-order valence-electron chi connectivity index (χ3n) is 10.7. The van der Waals surface area contributed by atoms with Crippen LogP contribution in [0.15, 0.2) is 0 Å². The van der Waals surface area contributed by atoms with Crippen LogP contribution >= 0.6 is 0 Å². The highest BCUT2D eigenvalue weighted by atomic mass is 32.2. The summed E-state index contributed by atoms with van der Waals surface area (Å²) in [7, 11) is -6.04. The molecule has 1 N–H and O–H groups in total. The summed E-state index contributed by atoms with van der Waals surface area (Å²) in [5.41, 5.74) is -0.948. The van der Waals surface area contributed by atoms with Gasteiger partial charge < -0.3 is 9.47 Å². The van der Waals surface area contributed by atoms with Crippen molar-refractivity contribution in [3.05, 3.63) is 0 Å². The first kappa shape index (κ1) is 30.7. The van der Waals surface area contributed by atoms with Crippen molar-refractivity contribution in [2.24, 2.45) is 46.3 Å². The van der Waals surface area contributed by atoms with Gasteiger partial charge in [-0.05, 0) is 60.7 Å². The van der Waals surface area contributed by atoms with E-state index in [0.29, 0.717) is 44.9 Å². The second kappa shape index (κ2) is 10.5. The predicted molar refractivity (Wildman–Crippen MR) is 133 cm³/mol. The molecule has 8 atom stereocenters. The van der Waals surface area contributed by atoms with Crippen molar-refractivity contribution in [3.8, 4) is 0 Å². The van der Waals surface area contributed by atoms with Crippen molar-refractivity contribution in [2.75, 3.05) is 6.79 Å². The van der Waals surface area contributed by atoms with Gasteiger partial charge in [0, 0.05) is 43.4 Å². The number of halogens is 2. The van der Waals surface area contributed by atoms with Crippen LogP contribution in [0.2, 0.25) is 0 Å². The Labute approximate surface area is 231 Å². The van der Waals surface area contributed by atoms with Crippen molar-refractivity contribution in [1.29, 1.82) is 0 Å². The monoisotopic (exact) mass is 590 g/mol. The summed E-state index contributed by atoms with van der Waals surface area (Å²) in [5.74, 6) is -3.63. The molecule has 0 unspecified atom stereocenters. The molecule has 40 heavy (non-hydrogen) atoms. The molecule has 0 spiro atoms. The van der Waals surface area contributed by atoms with E-state index >= 15 is 0 Å². The van der Waals surface area contributed by atoms with Gasteiger partial charge in [-0.2, -0.15) is 17.2 Å². The molecule has 0 radical (unpaired) electrons. The van der Waals surface area contributed by atoms with Gasteiger partial charge in [-0.25, -0.2) is 4.79 Å². The zero-order chi connectivity index (χ0) is 29.8. The van der Waals surface area contributed by atoms with Gasteiger partial charge in [-0.1, -0.05) is 20.8 Å². The Balaban J connectivity index is 1.36. The molecule has 0 aromatic rings. The van der Waals surface area contributed by atoms with Crippen LogP contribution in [0.25, 0.3) is 0 Å². The van der Waals surface area contributed by atoms with Crippen LogP contribution in [0.4, 0.5) is 8.78 Å². The Kier molecular flexibility index (Phi) is 8.07. The fourth-order valence-electron chi connectivity index (χ4n) is 8.35. The molecular formula is C27H36F2O10S. The van der Waals surface area contributed by atoms with Crippen LogP contribution < -0.4 is 0 Å². The zero-order valence-electron chi connectivity index (χ0n) is 22.8. The largest absolute Gasteiger partial charge is 0.465 e. The number of esters is 2. The number of fused-ring (bicyclic) bond motifs is 5. The molecule has 4 fully saturated rings. The van der Waals surface area contributed by atoms with Gasteiger partial charge in [0.15, 0.2) is 0 Å². The van der Waals surface area contributed by atoms with E-state index in [2.05, 4.69) is 16.4 Å². The molecule has 0 aliphatic heterocycles. The van der Waals surface area contributed by atoms with E-state index in [9.17, 15) is 41.2 Å². The number of carbonyl (C=O) groups excluding carboxylic acids is 5. The van der Waals surface area contributed by atoms with Gasteiger partial charge in [0.2, 0.25) is 6.79 Å². The quantitative estimate of drug-likeness (QED) is 0.252. The highest BCUT2D eigenvalue weighted by Crippen LogP contribution is 2.66. The minimum atomic E-state index is -6.04. The molecule has 4 rings (SSSR count). The summed E-state index contributed by atoms with van der Waals surface area (Å²) in [6.45, 7) is 4.73. The maximum atomic E-state index is 13.8. The van der Waals surface area contributed by atoms with E-state index in [4.69, 9.17) is 4.55 Å². The lowest BCUT2D eigenvalue weighted by Gasteiger charge is -2.58. The molecule has 4 aliphatic carbocycles. The van der Waals surface area contributed by atoms with Crippen LogP contribution in [0.5, 0.6) is 0 Å².